The second kappa shape index (κ2) is 5.11. The molecule has 0 saturated carbocycles. The van der Waals surface area contributed by atoms with E-state index in [1.165, 1.54) is 18.2 Å². The fourth-order valence-electron chi connectivity index (χ4n) is 1.30. The van der Waals surface area contributed by atoms with Gasteiger partial charge in [-0.05, 0) is 18.2 Å². The second-order valence-electron chi connectivity index (χ2n) is 3.35. The van der Waals surface area contributed by atoms with Crippen LogP contribution in [0, 0.1) is 5.82 Å². The van der Waals surface area contributed by atoms with Crippen molar-refractivity contribution in [3.8, 4) is 0 Å². The van der Waals surface area contributed by atoms with Crippen LogP contribution in [-0.4, -0.2) is 16.0 Å². The zero-order chi connectivity index (χ0) is 12.1. The maximum Gasteiger partial charge on any atom is 0.319 e. The number of hydrogen-bond acceptors (Lipinski definition) is 2. The maximum atomic E-state index is 12.8. The molecule has 3 N–H and O–H groups in total. The molecule has 0 aliphatic rings. The lowest BCUT2D eigenvalue weighted by Crippen LogP contribution is -2.28. The van der Waals surface area contributed by atoms with Crippen LogP contribution in [0.2, 0.25) is 0 Å². The first kappa shape index (κ1) is 11.1. The summed E-state index contributed by atoms with van der Waals surface area (Å²) in [6.45, 7) is 0.286. The topological polar surface area (TPSA) is 69.8 Å². The Morgan fingerprint density at radius 2 is 2.35 bits per heavy atom. The van der Waals surface area contributed by atoms with Crippen LogP contribution < -0.4 is 10.6 Å². The monoisotopic (exact) mass is 234 g/mol. The Balaban J connectivity index is 1.85. The summed E-state index contributed by atoms with van der Waals surface area (Å²) < 4.78 is 12.8. The fraction of sp³-hybridized carbons (Fsp3) is 0.0909. The van der Waals surface area contributed by atoms with Gasteiger partial charge in [0.15, 0.2) is 0 Å². The van der Waals surface area contributed by atoms with Crippen molar-refractivity contribution in [1.82, 2.24) is 15.3 Å². The first-order valence-corrected chi connectivity index (χ1v) is 5.03. The summed E-state index contributed by atoms with van der Waals surface area (Å²) >= 11 is 0. The molecule has 2 amide bonds. The molecule has 1 aromatic heterocycles. The average Bonchev–Trinajstić information content (AvgIpc) is 2.79. The van der Waals surface area contributed by atoms with E-state index in [9.17, 15) is 9.18 Å². The van der Waals surface area contributed by atoms with E-state index >= 15 is 0 Å². The standard InChI is InChI=1S/C11H11FN4O/c12-8-2-1-3-9(6-8)16-11(17)15-7-10-13-4-5-14-10/h1-6H,7H2,(H,13,14)(H2,15,16,17). The van der Waals surface area contributed by atoms with E-state index in [1.54, 1.807) is 18.5 Å². The minimum atomic E-state index is -0.410. The molecular formula is C11H11FN4O. The first-order valence-electron chi connectivity index (χ1n) is 5.03. The summed E-state index contributed by atoms with van der Waals surface area (Å²) in [6, 6.07) is 5.28. The molecular weight excluding hydrogens is 223 g/mol. The number of anilines is 1. The van der Waals surface area contributed by atoms with Crippen LogP contribution in [0.3, 0.4) is 0 Å². The van der Waals surface area contributed by atoms with Crippen LogP contribution in [0.1, 0.15) is 5.82 Å². The molecule has 5 nitrogen and oxygen atoms in total. The smallest absolute Gasteiger partial charge is 0.319 e. The first-order chi connectivity index (χ1) is 8.24. The minimum absolute atomic E-state index is 0.286. The lowest BCUT2D eigenvalue weighted by atomic mass is 10.3. The number of carbonyl (C=O) groups excluding carboxylic acids is 1. The number of hydrogen-bond donors (Lipinski definition) is 3. The molecule has 1 aromatic carbocycles. The van der Waals surface area contributed by atoms with Gasteiger partial charge in [-0.3, -0.25) is 0 Å². The number of amides is 2. The summed E-state index contributed by atoms with van der Waals surface area (Å²) in [5, 5.41) is 5.10. The number of aromatic nitrogens is 2. The Hall–Kier alpha value is -2.37. The summed E-state index contributed by atoms with van der Waals surface area (Å²) in [4.78, 5) is 18.2. The zero-order valence-electron chi connectivity index (χ0n) is 8.90. The van der Waals surface area contributed by atoms with Crippen LogP contribution in [0.4, 0.5) is 14.9 Å². The van der Waals surface area contributed by atoms with Gasteiger partial charge in [0.2, 0.25) is 0 Å². The van der Waals surface area contributed by atoms with Gasteiger partial charge in [-0.15, -0.1) is 0 Å². The normalized spacial score (nSPS) is 9.94. The number of benzene rings is 1. The predicted octanol–water partition coefficient (Wildman–Crippen LogP) is 1.87. The molecule has 0 aliphatic heterocycles. The molecule has 17 heavy (non-hydrogen) atoms. The number of halogens is 1. The van der Waals surface area contributed by atoms with Crippen molar-refractivity contribution in [2.45, 2.75) is 6.54 Å². The Morgan fingerprint density at radius 3 is 3.06 bits per heavy atom. The summed E-state index contributed by atoms with van der Waals surface area (Å²) in [6.07, 6.45) is 3.27. The molecule has 0 radical (unpaired) electrons. The molecule has 2 rings (SSSR count). The predicted molar refractivity (Wildman–Crippen MR) is 60.8 cm³/mol. The van der Waals surface area contributed by atoms with Crippen molar-refractivity contribution in [2.24, 2.45) is 0 Å². The number of aromatic amines is 1. The Kier molecular flexibility index (Phi) is 3.34. The largest absolute Gasteiger partial charge is 0.347 e. The highest BCUT2D eigenvalue weighted by atomic mass is 19.1. The molecule has 6 heteroatoms. The number of urea groups is 1. The molecule has 0 saturated heterocycles. The van der Waals surface area contributed by atoms with Crippen LogP contribution >= 0.6 is 0 Å². The maximum absolute atomic E-state index is 12.8. The molecule has 0 bridgehead atoms. The Morgan fingerprint density at radius 1 is 1.47 bits per heavy atom. The average molecular weight is 234 g/mol. The number of rotatable bonds is 3. The van der Waals surface area contributed by atoms with E-state index in [4.69, 9.17) is 0 Å². The highest BCUT2D eigenvalue weighted by Crippen LogP contribution is 2.08. The van der Waals surface area contributed by atoms with Gasteiger partial charge in [0.25, 0.3) is 0 Å². The molecule has 0 atom stereocenters. The van der Waals surface area contributed by atoms with Crippen molar-refractivity contribution in [2.75, 3.05) is 5.32 Å². The number of carbonyl (C=O) groups is 1. The van der Waals surface area contributed by atoms with E-state index in [0.29, 0.717) is 11.5 Å². The van der Waals surface area contributed by atoms with Gasteiger partial charge >= 0.3 is 6.03 Å². The van der Waals surface area contributed by atoms with Crippen molar-refractivity contribution in [3.63, 3.8) is 0 Å². The third-order valence-corrected chi connectivity index (χ3v) is 2.05. The van der Waals surface area contributed by atoms with E-state index in [2.05, 4.69) is 20.6 Å². The van der Waals surface area contributed by atoms with Crippen LogP contribution in [0.25, 0.3) is 0 Å². The number of H-pyrrole nitrogens is 1. The highest BCUT2D eigenvalue weighted by molar-refractivity contribution is 5.89. The number of nitrogens with one attached hydrogen (secondary N) is 3. The van der Waals surface area contributed by atoms with E-state index in [-0.39, 0.29) is 6.54 Å². The fourth-order valence-corrected chi connectivity index (χ4v) is 1.30. The molecule has 0 spiro atoms. The quantitative estimate of drug-likeness (QED) is 0.758. The Bertz CT molecular complexity index is 498. The van der Waals surface area contributed by atoms with Gasteiger partial charge < -0.3 is 15.6 Å². The minimum Gasteiger partial charge on any atom is -0.347 e. The second-order valence-corrected chi connectivity index (χ2v) is 3.35. The zero-order valence-corrected chi connectivity index (χ0v) is 8.90. The van der Waals surface area contributed by atoms with Gasteiger partial charge in [-0.2, -0.15) is 0 Å². The lowest BCUT2D eigenvalue weighted by Gasteiger charge is -2.06. The van der Waals surface area contributed by atoms with Gasteiger partial charge in [-0.1, -0.05) is 6.07 Å². The van der Waals surface area contributed by atoms with Crippen LogP contribution in [-0.2, 0) is 6.54 Å². The molecule has 1 heterocycles. The van der Waals surface area contributed by atoms with Crippen molar-refractivity contribution < 1.29 is 9.18 Å². The van der Waals surface area contributed by atoms with Crippen molar-refractivity contribution >= 4 is 11.7 Å². The molecule has 0 aliphatic carbocycles. The van der Waals surface area contributed by atoms with Gasteiger partial charge in [0, 0.05) is 18.1 Å². The van der Waals surface area contributed by atoms with E-state index < -0.39 is 11.8 Å². The summed E-state index contributed by atoms with van der Waals surface area (Å²) in [5.74, 6) is 0.258. The van der Waals surface area contributed by atoms with Gasteiger partial charge in [0.05, 0.1) is 6.54 Å². The number of nitrogens with zero attached hydrogens (tertiary/aromatic N) is 1. The van der Waals surface area contributed by atoms with Crippen LogP contribution in [0.5, 0.6) is 0 Å². The van der Waals surface area contributed by atoms with E-state index in [0.717, 1.165) is 0 Å². The van der Waals surface area contributed by atoms with Crippen molar-refractivity contribution in [3.05, 3.63) is 48.3 Å². The number of imidazole rings is 1. The van der Waals surface area contributed by atoms with E-state index in [1.807, 2.05) is 0 Å². The molecule has 2 aromatic rings. The molecule has 0 unspecified atom stereocenters. The molecule has 88 valence electrons. The van der Waals surface area contributed by atoms with Gasteiger partial charge in [0.1, 0.15) is 11.6 Å². The SMILES string of the molecule is O=C(NCc1ncc[nH]1)Nc1cccc(F)c1. The molecule has 0 fully saturated rings. The van der Waals surface area contributed by atoms with Crippen LogP contribution in [0.15, 0.2) is 36.7 Å². The third kappa shape index (κ3) is 3.30. The summed E-state index contributed by atoms with van der Waals surface area (Å²) in [5.41, 5.74) is 0.405. The van der Waals surface area contributed by atoms with Gasteiger partial charge in [-0.25, -0.2) is 14.2 Å². The third-order valence-electron chi connectivity index (χ3n) is 2.05. The van der Waals surface area contributed by atoms with Crippen molar-refractivity contribution in [1.29, 1.82) is 0 Å². The summed E-state index contributed by atoms with van der Waals surface area (Å²) in [7, 11) is 0. The highest BCUT2D eigenvalue weighted by Gasteiger charge is 2.02. The lowest BCUT2D eigenvalue weighted by molar-refractivity contribution is 0.251. The Labute approximate surface area is 97.1 Å².